The van der Waals surface area contributed by atoms with Crippen molar-refractivity contribution in [2.75, 3.05) is 58.9 Å². The van der Waals surface area contributed by atoms with Crippen LogP contribution in [-0.4, -0.2) is 85.4 Å². The van der Waals surface area contributed by atoms with Gasteiger partial charge in [0.05, 0.1) is 6.54 Å². The third-order valence-corrected chi connectivity index (χ3v) is 8.67. The van der Waals surface area contributed by atoms with Gasteiger partial charge in [-0.3, -0.25) is 19.4 Å². The van der Waals surface area contributed by atoms with Gasteiger partial charge in [0.2, 0.25) is 5.91 Å². The van der Waals surface area contributed by atoms with E-state index in [4.69, 9.17) is 4.74 Å². The van der Waals surface area contributed by atoms with Crippen molar-refractivity contribution < 1.29 is 14.3 Å². The molecule has 2 aliphatic rings. The van der Waals surface area contributed by atoms with Gasteiger partial charge in [0.25, 0.3) is 5.91 Å². The summed E-state index contributed by atoms with van der Waals surface area (Å²) in [6.07, 6.45) is 0.868. The lowest BCUT2D eigenvalue weighted by molar-refractivity contribution is -0.131. The molecule has 0 saturated carbocycles. The zero-order chi connectivity index (χ0) is 31.6. The van der Waals surface area contributed by atoms with Crippen LogP contribution in [0.4, 0.5) is 0 Å². The highest BCUT2D eigenvalue weighted by Crippen LogP contribution is 2.23. The lowest BCUT2D eigenvalue weighted by atomic mass is 10.0. The van der Waals surface area contributed by atoms with Crippen LogP contribution >= 0.6 is 0 Å². The molecule has 0 spiro atoms. The van der Waals surface area contributed by atoms with Crippen molar-refractivity contribution in [3.8, 4) is 11.5 Å². The molecule has 4 aromatic rings. The number of nitrogens with zero attached hydrogens (tertiary/aromatic N) is 3. The third kappa shape index (κ3) is 9.03. The highest BCUT2D eigenvalue weighted by molar-refractivity contribution is 5.96. The Bertz CT molecular complexity index is 1560. The van der Waals surface area contributed by atoms with E-state index in [0.29, 0.717) is 24.4 Å². The Balaban J connectivity index is 0.928. The fraction of sp³-hybridized carbons (Fsp3) is 0.316. The normalized spacial score (nSPS) is 15.8. The van der Waals surface area contributed by atoms with Gasteiger partial charge < -0.3 is 20.3 Å². The molecule has 8 nitrogen and oxygen atoms in total. The topological polar surface area (TPSA) is 77.2 Å². The minimum atomic E-state index is -0.274. The maximum Gasteiger partial charge on any atom is 0.251 e. The molecule has 0 bridgehead atoms. The number of rotatable bonds is 11. The minimum Gasteiger partial charge on any atom is -0.457 e. The summed E-state index contributed by atoms with van der Waals surface area (Å²) in [7, 11) is 0. The first kappa shape index (κ1) is 31.5. The summed E-state index contributed by atoms with van der Waals surface area (Å²) in [5, 5.41) is 6.19. The molecule has 2 aliphatic heterocycles. The lowest BCUT2D eigenvalue weighted by Crippen LogP contribution is -2.50. The Morgan fingerprint density at radius 3 is 1.96 bits per heavy atom. The van der Waals surface area contributed by atoms with Crippen molar-refractivity contribution >= 4 is 11.8 Å². The summed E-state index contributed by atoms with van der Waals surface area (Å²) in [4.78, 5) is 32.1. The summed E-state index contributed by atoms with van der Waals surface area (Å²) in [6, 6.07) is 34.4. The van der Waals surface area contributed by atoms with E-state index in [2.05, 4.69) is 69.0 Å². The second-order valence-corrected chi connectivity index (χ2v) is 12.1. The van der Waals surface area contributed by atoms with Gasteiger partial charge in [-0.25, -0.2) is 0 Å². The molecule has 6 rings (SSSR count). The van der Waals surface area contributed by atoms with Gasteiger partial charge in [0.1, 0.15) is 11.5 Å². The van der Waals surface area contributed by atoms with E-state index in [1.54, 1.807) is 24.3 Å². The first-order valence-corrected chi connectivity index (χ1v) is 16.3. The number of carbonyl (C=O) groups excluding carboxylic acids is 2. The zero-order valence-corrected chi connectivity index (χ0v) is 26.4. The zero-order valence-electron chi connectivity index (χ0n) is 26.4. The van der Waals surface area contributed by atoms with E-state index >= 15 is 0 Å². The number of amides is 2. The number of hydrogen-bond acceptors (Lipinski definition) is 6. The van der Waals surface area contributed by atoms with Crippen molar-refractivity contribution in [1.82, 2.24) is 25.3 Å². The van der Waals surface area contributed by atoms with E-state index in [1.165, 1.54) is 22.3 Å². The van der Waals surface area contributed by atoms with Gasteiger partial charge in [-0.1, -0.05) is 66.7 Å². The van der Waals surface area contributed by atoms with Crippen LogP contribution in [0.25, 0.3) is 0 Å². The molecule has 2 amide bonds. The monoisotopic (exact) mass is 617 g/mol. The number of hydrogen-bond donors (Lipinski definition) is 2. The van der Waals surface area contributed by atoms with Gasteiger partial charge in [0, 0.05) is 71.0 Å². The SMILES string of the molecule is O=C(NCC(=O)N1CCN(Cc2ccccc2)CC1)c1ccc(Oc2ccc(Cc3cccc(CN4CCNCC4)c3)cc2)cc1. The molecule has 0 unspecified atom stereocenters. The number of nitrogens with one attached hydrogen (secondary N) is 2. The molecule has 0 atom stereocenters. The maximum atomic E-state index is 12.7. The van der Waals surface area contributed by atoms with Crippen LogP contribution in [0.1, 0.15) is 32.6 Å². The molecule has 238 valence electrons. The molecule has 0 radical (unpaired) electrons. The largest absolute Gasteiger partial charge is 0.457 e. The van der Waals surface area contributed by atoms with Crippen LogP contribution < -0.4 is 15.4 Å². The minimum absolute atomic E-state index is 0.0113. The second kappa shape index (κ2) is 15.7. The van der Waals surface area contributed by atoms with E-state index < -0.39 is 0 Å². The summed E-state index contributed by atoms with van der Waals surface area (Å²) in [5.41, 5.74) is 5.65. The van der Waals surface area contributed by atoms with Gasteiger partial charge in [-0.2, -0.15) is 0 Å². The first-order valence-electron chi connectivity index (χ1n) is 16.3. The standard InChI is InChI=1S/C38H43N5O3/c44-37(43-23-21-42(22-24-43)28-31-5-2-1-3-6-31)27-40-38(45)34-11-15-36(16-12-34)46-35-13-9-30(10-14-35)25-32-7-4-8-33(26-32)29-41-19-17-39-18-20-41/h1-16,26,39H,17-25,27-29H2,(H,40,45). The van der Waals surface area contributed by atoms with Gasteiger partial charge in [0.15, 0.2) is 0 Å². The molecule has 0 aromatic heterocycles. The number of carbonyl (C=O) groups is 2. The number of ether oxygens (including phenoxy) is 1. The Hall–Kier alpha value is -4.50. The maximum absolute atomic E-state index is 12.7. The molecule has 0 aliphatic carbocycles. The van der Waals surface area contributed by atoms with Crippen LogP contribution in [0.3, 0.4) is 0 Å². The van der Waals surface area contributed by atoms with Gasteiger partial charge in [-0.05, 0) is 65.1 Å². The molecule has 2 heterocycles. The molecular formula is C38H43N5O3. The molecule has 4 aromatic carbocycles. The van der Waals surface area contributed by atoms with Crippen LogP contribution in [0.2, 0.25) is 0 Å². The Labute approximate surface area is 272 Å². The Morgan fingerprint density at radius 1 is 0.630 bits per heavy atom. The predicted molar refractivity (Wildman–Crippen MR) is 181 cm³/mol. The predicted octanol–water partition coefficient (Wildman–Crippen LogP) is 4.55. The fourth-order valence-corrected chi connectivity index (χ4v) is 6.05. The molecule has 2 N–H and O–H groups in total. The summed E-state index contributed by atoms with van der Waals surface area (Å²) >= 11 is 0. The van der Waals surface area contributed by atoms with Crippen molar-refractivity contribution in [1.29, 1.82) is 0 Å². The van der Waals surface area contributed by atoms with Crippen molar-refractivity contribution in [3.05, 3.63) is 131 Å². The molecule has 8 heteroatoms. The molecule has 2 fully saturated rings. The lowest BCUT2D eigenvalue weighted by Gasteiger charge is -2.34. The summed E-state index contributed by atoms with van der Waals surface area (Å²) < 4.78 is 6.04. The Morgan fingerprint density at radius 2 is 1.24 bits per heavy atom. The average Bonchev–Trinajstić information content (AvgIpc) is 3.10. The highest BCUT2D eigenvalue weighted by Gasteiger charge is 2.21. The van der Waals surface area contributed by atoms with Crippen LogP contribution in [-0.2, 0) is 24.3 Å². The van der Waals surface area contributed by atoms with E-state index in [1.807, 2.05) is 35.2 Å². The summed E-state index contributed by atoms with van der Waals surface area (Å²) in [6.45, 7) is 9.16. The first-order chi connectivity index (χ1) is 22.6. The van der Waals surface area contributed by atoms with Crippen LogP contribution in [0.15, 0.2) is 103 Å². The highest BCUT2D eigenvalue weighted by atomic mass is 16.5. The molecular weight excluding hydrogens is 574 g/mol. The third-order valence-electron chi connectivity index (χ3n) is 8.67. The number of piperazine rings is 2. The van der Waals surface area contributed by atoms with Crippen LogP contribution in [0, 0.1) is 0 Å². The van der Waals surface area contributed by atoms with Gasteiger partial charge >= 0.3 is 0 Å². The fourth-order valence-electron chi connectivity index (χ4n) is 6.05. The van der Waals surface area contributed by atoms with E-state index in [-0.39, 0.29) is 18.4 Å². The molecule has 2 saturated heterocycles. The van der Waals surface area contributed by atoms with E-state index in [9.17, 15) is 9.59 Å². The smallest absolute Gasteiger partial charge is 0.251 e. The van der Waals surface area contributed by atoms with Crippen molar-refractivity contribution in [2.24, 2.45) is 0 Å². The Kier molecular flexibility index (Phi) is 10.7. The molecule has 46 heavy (non-hydrogen) atoms. The average molecular weight is 618 g/mol. The van der Waals surface area contributed by atoms with E-state index in [0.717, 1.165) is 64.5 Å². The number of benzene rings is 4. The quantitative estimate of drug-likeness (QED) is 0.257. The van der Waals surface area contributed by atoms with Crippen LogP contribution in [0.5, 0.6) is 11.5 Å². The van der Waals surface area contributed by atoms with Gasteiger partial charge in [-0.15, -0.1) is 0 Å². The second-order valence-electron chi connectivity index (χ2n) is 12.1. The summed E-state index contributed by atoms with van der Waals surface area (Å²) in [5.74, 6) is 1.06. The van der Waals surface area contributed by atoms with Crippen molar-refractivity contribution in [3.63, 3.8) is 0 Å². The van der Waals surface area contributed by atoms with Crippen molar-refractivity contribution in [2.45, 2.75) is 19.5 Å².